The van der Waals surface area contributed by atoms with Crippen molar-refractivity contribution in [2.24, 2.45) is 5.92 Å². The second kappa shape index (κ2) is 5.88. The van der Waals surface area contributed by atoms with Crippen molar-refractivity contribution >= 4 is 15.8 Å². The molecular weight excluding hydrogens is 262 g/mol. The molecule has 1 aromatic heterocycles. The average Bonchev–Trinajstić information content (AvgIpc) is 2.38. The van der Waals surface area contributed by atoms with Crippen molar-refractivity contribution in [2.45, 2.75) is 43.5 Å². The highest BCUT2D eigenvalue weighted by molar-refractivity contribution is 7.89. The fourth-order valence-corrected chi connectivity index (χ4v) is 3.84. The van der Waals surface area contributed by atoms with E-state index in [1.165, 1.54) is 18.7 Å². The minimum Gasteiger partial charge on any atom is -0.373 e. The number of sulfonamides is 1. The Morgan fingerprint density at radius 1 is 1.37 bits per heavy atom. The fourth-order valence-electron chi connectivity index (χ4n) is 2.54. The Hall–Kier alpha value is -1.14. The number of hydrogen-bond donors (Lipinski definition) is 2. The Balaban J connectivity index is 2.13. The van der Waals surface area contributed by atoms with Crippen LogP contribution in [-0.2, 0) is 10.0 Å². The Labute approximate surface area is 114 Å². The molecule has 1 aromatic rings. The zero-order chi connectivity index (χ0) is 13.9. The zero-order valence-electron chi connectivity index (χ0n) is 11.4. The standard InChI is InChI=1S/C13H21N3O2S/c1-10-4-3-5-11(8-10)16-19(17,18)12-6-7-15-13(9-12)14-2/h6-7,9-11,16H,3-5,8H2,1-2H3,(H,14,15). The minimum absolute atomic E-state index is 0.0555. The SMILES string of the molecule is CNc1cc(S(=O)(=O)NC2CCCC(C)C2)ccn1. The lowest BCUT2D eigenvalue weighted by molar-refractivity contribution is 0.327. The summed E-state index contributed by atoms with van der Waals surface area (Å²) in [6, 6.07) is 3.13. The van der Waals surface area contributed by atoms with Crippen molar-refractivity contribution in [1.82, 2.24) is 9.71 Å². The molecule has 2 unspecified atom stereocenters. The molecule has 6 heteroatoms. The first-order chi connectivity index (χ1) is 9.01. The third-order valence-corrected chi connectivity index (χ3v) is 5.07. The van der Waals surface area contributed by atoms with Crippen LogP contribution in [0.3, 0.4) is 0 Å². The van der Waals surface area contributed by atoms with E-state index in [-0.39, 0.29) is 10.9 Å². The van der Waals surface area contributed by atoms with Crippen molar-refractivity contribution in [3.05, 3.63) is 18.3 Å². The molecule has 0 saturated heterocycles. The molecule has 2 rings (SSSR count). The molecule has 1 saturated carbocycles. The predicted octanol–water partition coefficient (Wildman–Crippen LogP) is 1.98. The van der Waals surface area contributed by atoms with E-state index in [9.17, 15) is 8.42 Å². The van der Waals surface area contributed by atoms with Gasteiger partial charge in [-0.05, 0) is 24.8 Å². The van der Waals surface area contributed by atoms with Crippen LogP contribution in [0.5, 0.6) is 0 Å². The highest BCUT2D eigenvalue weighted by Gasteiger charge is 2.24. The molecule has 1 heterocycles. The van der Waals surface area contributed by atoms with Gasteiger partial charge in [0.15, 0.2) is 0 Å². The van der Waals surface area contributed by atoms with Crippen molar-refractivity contribution in [3.8, 4) is 0 Å². The van der Waals surface area contributed by atoms with Crippen LogP contribution in [0.4, 0.5) is 5.82 Å². The first-order valence-electron chi connectivity index (χ1n) is 6.67. The fraction of sp³-hybridized carbons (Fsp3) is 0.615. The van der Waals surface area contributed by atoms with Gasteiger partial charge in [0.2, 0.25) is 10.0 Å². The lowest BCUT2D eigenvalue weighted by atomic mass is 9.88. The van der Waals surface area contributed by atoms with Crippen molar-refractivity contribution in [2.75, 3.05) is 12.4 Å². The number of rotatable bonds is 4. The Kier molecular flexibility index (Phi) is 4.42. The van der Waals surface area contributed by atoms with Crippen molar-refractivity contribution in [1.29, 1.82) is 0 Å². The van der Waals surface area contributed by atoms with Gasteiger partial charge >= 0.3 is 0 Å². The van der Waals surface area contributed by atoms with Gasteiger partial charge in [0.05, 0.1) is 4.90 Å². The molecule has 1 aliphatic rings. The van der Waals surface area contributed by atoms with E-state index in [2.05, 4.69) is 21.9 Å². The van der Waals surface area contributed by atoms with E-state index in [4.69, 9.17) is 0 Å². The van der Waals surface area contributed by atoms with E-state index in [0.717, 1.165) is 19.3 Å². The summed E-state index contributed by atoms with van der Waals surface area (Å²) in [5, 5.41) is 2.85. The minimum atomic E-state index is -3.45. The molecule has 0 radical (unpaired) electrons. The quantitative estimate of drug-likeness (QED) is 0.886. The van der Waals surface area contributed by atoms with Gasteiger partial charge in [-0.15, -0.1) is 0 Å². The molecule has 0 spiro atoms. The first kappa shape index (κ1) is 14.3. The monoisotopic (exact) mass is 283 g/mol. The van der Waals surface area contributed by atoms with E-state index in [1.54, 1.807) is 13.1 Å². The molecule has 19 heavy (non-hydrogen) atoms. The van der Waals surface area contributed by atoms with E-state index in [0.29, 0.717) is 11.7 Å². The van der Waals surface area contributed by atoms with Crippen LogP contribution in [0.1, 0.15) is 32.6 Å². The summed E-state index contributed by atoms with van der Waals surface area (Å²) >= 11 is 0. The lowest BCUT2D eigenvalue weighted by Gasteiger charge is -2.27. The van der Waals surface area contributed by atoms with E-state index < -0.39 is 10.0 Å². The van der Waals surface area contributed by atoms with Crippen LogP contribution >= 0.6 is 0 Å². The molecule has 5 nitrogen and oxygen atoms in total. The summed E-state index contributed by atoms with van der Waals surface area (Å²) in [5.41, 5.74) is 0. The second-order valence-electron chi connectivity index (χ2n) is 5.22. The number of aromatic nitrogens is 1. The van der Waals surface area contributed by atoms with Crippen LogP contribution in [0.2, 0.25) is 0 Å². The van der Waals surface area contributed by atoms with E-state index in [1.807, 2.05) is 0 Å². The Morgan fingerprint density at radius 3 is 2.84 bits per heavy atom. The molecule has 1 aliphatic carbocycles. The third-order valence-electron chi connectivity index (χ3n) is 3.56. The second-order valence-corrected chi connectivity index (χ2v) is 6.93. The van der Waals surface area contributed by atoms with Crippen LogP contribution in [-0.4, -0.2) is 26.5 Å². The molecular formula is C13H21N3O2S. The molecule has 0 amide bonds. The summed E-state index contributed by atoms with van der Waals surface area (Å²) in [6.45, 7) is 2.17. The van der Waals surface area contributed by atoms with Gasteiger partial charge in [-0.25, -0.2) is 18.1 Å². The van der Waals surface area contributed by atoms with Crippen LogP contribution in [0.15, 0.2) is 23.2 Å². The summed E-state index contributed by atoms with van der Waals surface area (Å²) in [5.74, 6) is 1.15. The van der Waals surface area contributed by atoms with Crippen molar-refractivity contribution < 1.29 is 8.42 Å². The van der Waals surface area contributed by atoms with Gasteiger partial charge < -0.3 is 5.32 Å². The van der Waals surface area contributed by atoms with Gasteiger partial charge in [-0.2, -0.15) is 0 Å². The van der Waals surface area contributed by atoms with Crippen LogP contribution in [0.25, 0.3) is 0 Å². The summed E-state index contributed by atoms with van der Waals surface area (Å²) in [7, 11) is -1.73. The van der Waals surface area contributed by atoms with Crippen LogP contribution < -0.4 is 10.0 Å². The van der Waals surface area contributed by atoms with Crippen LogP contribution in [0, 0.1) is 5.92 Å². The maximum atomic E-state index is 12.3. The molecule has 1 fully saturated rings. The molecule has 0 bridgehead atoms. The predicted molar refractivity (Wildman–Crippen MR) is 75.5 cm³/mol. The Bertz CT molecular complexity index is 530. The third kappa shape index (κ3) is 3.67. The molecule has 2 atom stereocenters. The van der Waals surface area contributed by atoms with Gasteiger partial charge in [0.1, 0.15) is 5.82 Å². The number of nitrogens with one attached hydrogen (secondary N) is 2. The molecule has 0 aromatic carbocycles. The largest absolute Gasteiger partial charge is 0.373 e. The maximum absolute atomic E-state index is 12.3. The molecule has 106 valence electrons. The van der Waals surface area contributed by atoms with Gasteiger partial charge in [0.25, 0.3) is 0 Å². The summed E-state index contributed by atoms with van der Waals surface area (Å²) in [6.07, 6.45) is 5.63. The number of hydrogen-bond acceptors (Lipinski definition) is 4. The highest BCUT2D eigenvalue weighted by Crippen LogP contribution is 2.25. The number of pyridine rings is 1. The smallest absolute Gasteiger partial charge is 0.241 e. The number of anilines is 1. The number of nitrogens with zero attached hydrogens (tertiary/aromatic N) is 1. The van der Waals surface area contributed by atoms with Gasteiger partial charge in [-0.3, -0.25) is 0 Å². The topological polar surface area (TPSA) is 71.1 Å². The summed E-state index contributed by atoms with van der Waals surface area (Å²) < 4.78 is 27.4. The molecule has 2 N–H and O–H groups in total. The lowest BCUT2D eigenvalue weighted by Crippen LogP contribution is -2.37. The first-order valence-corrected chi connectivity index (χ1v) is 8.15. The molecule has 0 aliphatic heterocycles. The van der Waals surface area contributed by atoms with E-state index >= 15 is 0 Å². The normalized spacial score (nSPS) is 24.1. The zero-order valence-corrected chi connectivity index (χ0v) is 12.2. The Morgan fingerprint density at radius 2 is 2.16 bits per heavy atom. The average molecular weight is 283 g/mol. The van der Waals surface area contributed by atoms with Crippen molar-refractivity contribution in [3.63, 3.8) is 0 Å². The van der Waals surface area contributed by atoms with Gasteiger partial charge in [0, 0.05) is 25.4 Å². The highest BCUT2D eigenvalue weighted by atomic mass is 32.2. The maximum Gasteiger partial charge on any atom is 0.241 e. The van der Waals surface area contributed by atoms with Gasteiger partial charge in [-0.1, -0.05) is 19.8 Å². The summed E-state index contributed by atoms with van der Waals surface area (Å²) in [4.78, 5) is 4.30.